The smallest absolute Gasteiger partial charge is 0.304 e. The lowest BCUT2D eigenvalue weighted by molar-refractivity contribution is -0.140. The molecule has 2 nitrogen and oxygen atoms in total. The highest BCUT2D eigenvalue weighted by Gasteiger charge is 2.14. The Morgan fingerprint density at radius 1 is 1.00 bits per heavy atom. The van der Waals surface area contributed by atoms with Crippen LogP contribution in [0.3, 0.4) is 0 Å². The van der Waals surface area contributed by atoms with Crippen molar-refractivity contribution < 1.29 is 9.53 Å². The highest BCUT2D eigenvalue weighted by Crippen LogP contribution is 2.32. The van der Waals surface area contributed by atoms with E-state index in [9.17, 15) is 4.79 Å². The van der Waals surface area contributed by atoms with Gasteiger partial charge < -0.3 is 4.74 Å². The third-order valence-corrected chi connectivity index (χ3v) is 5.29. The van der Waals surface area contributed by atoms with Gasteiger partial charge in [-0.25, -0.2) is 0 Å². The van der Waals surface area contributed by atoms with Crippen LogP contribution in [-0.2, 0) is 9.53 Å². The van der Waals surface area contributed by atoms with Gasteiger partial charge in [-0.05, 0) is 10.6 Å². The molecule has 0 N–H and O–H groups in total. The summed E-state index contributed by atoms with van der Waals surface area (Å²) in [5.41, 5.74) is 0. The Kier molecular flexibility index (Phi) is 5.82. The van der Waals surface area contributed by atoms with Crippen LogP contribution >= 0.6 is 7.80 Å². The van der Waals surface area contributed by atoms with Crippen LogP contribution < -0.4 is 10.6 Å². The van der Waals surface area contributed by atoms with Crippen LogP contribution in [0.15, 0.2) is 60.7 Å². The number of ether oxygens (including phenoxy) is 1. The average molecular weight is 283 g/mol. The number of esters is 1. The predicted octanol–water partition coefficient (Wildman–Crippen LogP) is 2.72. The van der Waals surface area contributed by atoms with Crippen molar-refractivity contribution in [3.8, 4) is 0 Å². The largest absolute Gasteiger partial charge is 0.469 e. The fourth-order valence-corrected chi connectivity index (χ4v) is 4.04. The summed E-state index contributed by atoms with van der Waals surface area (Å²) >= 11 is 0. The molecule has 0 bridgehead atoms. The van der Waals surface area contributed by atoms with E-state index in [-0.39, 0.29) is 5.97 Å². The molecule has 0 heterocycles. The quantitative estimate of drug-likeness (QED) is 0.463. The van der Waals surface area contributed by atoms with E-state index in [2.05, 4.69) is 55.5 Å². The normalized spacial score (nSPS) is 10.3. The molecule has 0 amide bonds. The number of methoxy groups -OCH3 is 1. The van der Waals surface area contributed by atoms with Crippen molar-refractivity contribution in [2.75, 3.05) is 7.11 Å². The predicted molar refractivity (Wildman–Crippen MR) is 86.3 cm³/mol. The minimum absolute atomic E-state index is 0.155. The Bertz CT molecular complexity index is 491. The van der Waals surface area contributed by atoms with E-state index in [1.807, 2.05) is 12.1 Å². The van der Waals surface area contributed by atoms with Crippen molar-refractivity contribution in [3.63, 3.8) is 0 Å². The minimum Gasteiger partial charge on any atom is -0.469 e. The Labute approximate surface area is 122 Å². The zero-order valence-corrected chi connectivity index (χ0v) is 12.4. The monoisotopic (exact) mass is 283 g/mol. The molecule has 0 fully saturated rings. The van der Waals surface area contributed by atoms with Crippen molar-refractivity contribution in [2.24, 2.45) is 0 Å². The molecule has 1 radical (unpaired) electrons. The van der Waals surface area contributed by atoms with Gasteiger partial charge in [0, 0.05) is 6.42 Å². The third-order valence-electron chi connectivity index (χ3n) is 2.96. The minimum atomic E-state index is -0.519. The van der Waals surface area contributed by atoms with E-state index in [0.717, 1.165) is 6.32 Å². The van der Waals surface area contributed by atoms with Crippen molar-refractivity contribution in [1.29, 1.82) is 0 Å². The molecule has 0 aliphatic carbocycles. The van der Waals surface area contributed by atoms with Crippen LogP contribution in [0.1, 0.15) is 6.42 Å². The molecule has 0 aromatic heterocycles. The van der Waals surface area contributed by atoms with Crippen LogP contribution in [0, 0.1) is 0 Å². The first kappa shape index (κ1) is 14.8. The van der Waals surface area contributed by atoms with Crippen LogP contribution in [0.25, 0.3) is 0 Å². The molecule has 2 rings (SSSR count). The Hall–Kier alpha value is -1.60. The summed E-state index contributed by atoms with van der Waals surface area (Å²) in [7, 11) is 0.911. The van der Waals surface area contributed by atoms with Gasteiger partial charge in [0.05, 0.1) is 7.11 Å². The Balaban J connectivity index is 2.11. The number of hydrogen-bond donors (Lipinski definition) is 0. The van der Waals surface area contributed by atoms with Gasteiger partial charge in [0.25, 0.3) is 0 Å². The standard InChI is InChI=1S/C16H17BO2P/c1-19-16(18)12-13-17-20(14-8-4-2-5-9-14)15-10-6-3-7-11-15/h2-11H,12-13H2,1H3. The number of hydrogen-bond acceptors (Lipinski definition) is 2. The van der Waals surface area contributed by atoms with E-state index < -0.39 is 7.80 Å². The van der Waals surface area contributed by atoms with Crippen molar-refractivity contribution in [3.05, 3.63) is 60.7 Å². The zero-order valence-electron chi connectivity index (χ0n) is 11.5. The summed E-state index contributed by atoms with van der Waals surface area (Å²) in [6.07, 6.45) is 1.18. The molecule has 0 aliphatic heterocycles. The van der Waals surface area contributed by atoms with Gasteiger partial charge >= 0.3 is 5.97 Å². The number of carbonyl (C=O) groups is 1. The molecule has 0 spiro atoms. The summed E-state index contributed by atoms with van der Waals surface area (Å²) in [5.74, 6) is -0.155. The van der Waals surface area contributed by atoms with Gasteiger partial charge in [0.1, 0.15) is 0 Å². The number of carbonyl (C=O) groups excluding carboxylic acids is 1. The fourth-order valence-electron chi connectivity index (χ4n) is 1.95. The molecule has 20 heavy (non-hydrogen) atoms. The average Bonchev–Trinajstić information content (AvgIpc) is 2.53. The van der Waals surface area contributed by atoms with Crippen LogP contribution in [0.5, 0.6) is 0 Å². The maximum absolute atomic E-state index is 11.2. The van der Waals surface area contributed by atoms with Gasteiger partial charge in [-0.1, -0.05) is 74.8 Å². The van der Waals surface area contributed by atoms with Gasteiger partial charge in [0.15, 0.2) is 7.00 Å². The summed E-state index contributed by atoms with van der Waals surface area (Å²) in [4.78, 5) is 11.2. The molecule has 101 valence electrons. The molecule has 4 heteroatoms. The van der Waals surface area contributed by atoms with Gasteiger partial charge in [-0.2, -0.15) is 0 Å². The van der Waals surface area contributed by atoms with E-state index in [4.69, 9.17) is 4.74 Å². The second-order valence-electron chi connectivity index (χ2n) is 4.34. The lowest BCUT2D eigenvalue weighted by Crippen LogP contribution is -2.16. The van der Waals surface area contributed by atoms with Crippen molar-refractivity contribution >= 4 is 31.4 Å². The molecule has 0 atom stereocenters. The SMILES string of the molecule is COC(=O)CC[B]P(c1ccccc1)c1ccccc1. The molecular formula is C16H17BO2P. The molecular weight excluding hydrogens is 266 g/mol. The van der Waals surface area contributed by atoms with Gasteiger partial charge in [-0.3, -0.25) is 4.79 Å². The summed E-state index contributed by atoms with van der Waals surface area (Å²) in [6, 6.07) is 20.9. The third kappa shape index (κ3) is 4.21. The van der Waals surface area contributed by atoms with E-state index in [1.54, 1.807) is 0 Å². The zero-order chi connectivity index (χ0) is 14.2. The first-order chi connectivity index (χ1) is 9.81. The molecule has 0 aliphatic rings. The number of rotatable bonds is 6. The summed E-state index contributed by atoms with van der Waals surface area (Å²) < 4.78 is 4.69. The maximum Gasteiger partial charge on any atom is 0.304 e. The van der Waals surface area contributed by atoms with Gasteiger partial charge in [-0.15, -0.1) is 0 Å². The summed E-state index contributed by atoms with van der Waals surface area (Å²) in [6.45, 7) is 2.25. The Morgan fingerprint density at radius 3 is 1.95 bits per heavy atom. The van der Waals surface area contributed by atoms with Crippen molar-refractivity contribution in [1.82, 2.24) is 0 Å². The molecule has 0 unspecified atom stereocenters. The second-order valence-corrected chi connectivity index (χ2v) is 6.48. The highest BCUT2D eigenvalue weighted by molar-refractivity contribution is 7.97. The lowest BCUT2D eigenvalue weighted by Gasteiger charge is -2.17. The first-order valence-corrected chi connectivity index (χ1v) is 8.02. The maximum atomic E-state index is 11.2. The second kappa shape index (κ2) is 7.86. The van der Waals surface area contributed by atoms with E-state index in [1.165, 1.54) is 17.7 Å². The van der Waals surface area contributed by atoms with Crippen molar-refractivity contribution in [2.45, 2.75) is 12.7 Å². The van der Waals surface area contributed by atoms with Crippen LogP contribution in [0.2, 0.25) is 6.32 Å². The Morgan fingerprint density at radius 2 is 1.50 bits per heavy atom. The molecule has 0 saturated carbocycles. The summed E-state index contributed by atoms with van der Waals surface area (Å²) in [5, 5.41) is 2.61. The topological polar surface area (TPSA) is 26.3 Å². The van der Waals surface area contributed by atoms with Crippen LogP contribution in [0.4, 0.5) is 0 Å². The number of benzene rings is 2. The molecule has 2 aromatic carbocycles. The van der Waals surface area contributed by atoms with Gasteiger partial charge in [0.2, 0.25) is 0 Å². The highest BCUT2D eigenvalue weighted by atomic mass is 31.1. The van der Waals surface area contributed by atoms with E-state index in [0.29, 0.717) is 6.42 Å². The molecule has 2 aromatic rings. The van der Waals surface area contributed by atoms with Crippen LogP contribution in [-0.4, -0.2) is 20.1 Å². The lowest BCUT2D eigenvalue weighted by atomic mass is 10.0. The fraction of sp³-hybridized carbons (Fsp3) is 0.188. The first-order valence-electron chi connectivity index (χ1n) is 6.61. The molecule has 0 saturated heterocycles. The van der Waals surface area contributed by atoms with E-state index >= 15 is 0 Å².